The summed E-state index contributed by atoms with van der Waals surface area (Å²) >= 11 is 0. The monoisotopic (exact) mass is 238 g/mol. The molecule has 0 aliphatic rings. The van der Waals surface area contributed by atoms with Gasteiger partial charge in [0.1, 0.15) is 0 Å². The molecule has 0 saturated heterocycles. The van der Waals surface area contributed by atoms with Crippen molar-refractivity contribution in [2.75, 3.05) is 13.6 Å². The maximum atomic E-state index is 13.7. The molecular formula is C14H23FN2. The van der Waals surface area contributed by atoms with Gasteiger partial charge in [0, 0.05) is 17.8 Å². The summed E-state index contributed by atoms with van der Waals surface area (Å²) in [5.74, 6) is -0.312. The summed E-state index contributed by atoms with van der Waals surface area (Å²) in [6.45, 7) is 7.33. The number of nitrogens with zero attached hydrogens (tertiary/aromatic N) is 2. The molecule has 0 amide bonds. The van der Waals surface area contributed by atoms with Gasteiger partial charge in [-0.05, 0) is 44.5 Å². The van der Waals surface area contributed by atoms with Crippen LogP contribution in [0, 0.1) is 5.95 Å². The van der Waals surface area contributed by atoms with Crippen molar-refractivity contribution in [3.8, 4) is 0 Å². The van der Waals surface area contributed by atoms with Gasteiger partial charge in [-0.2, -0.15) is 4.39 Å². The summed E-state index contributed by atoms with van der Waals surface area (Å²) in [5.41, 5.74) is 1.86. The minimum absolute atomic E-state index is 0.294. The lowest BCUT2D eigenvalue weighted by Gasteiger charge is -2.28. The molecule has 1 rings (SSSR count). The Kier molecular flexibility index (Phi) is 5.56. The van der Waals surface area contributed by atoms with E-state index in [4.69, 9.17) is 0 Å². The van der Waals surface area contributed by atoms with Gasteiger partial charge in [0.15, 0.2) is 0 Å². The highest BCUT2D eigenvalue weighted by atomic mass is 19.1. The van der Waals surface area contributed by atoms with Gasteiger partial charge < -0.3 is 0 Å². The van der Waals surface area contributed by atoms with E-state index in [0.29, 0.717) is 12.5 Å². The fourth-order valence-corrected chi connectivity index (χ4v) is 2.42. The Morgan fingerprint density at radius 2 is 2.06 bits per heavy atom. The fourth-order valence-electron chi connectivity index (χ4n) is 2.42. The molecule has 1 heterocycles. The second kappa shape index (κ2) is 6.70. The second-order valence-corrected chi connectivity index (χ2v) is 4.43. The van der Waals surface area contributed by atoms with E-state index >= 15 is 0 Å². The zero-order chi connectivity index (χ0) is 12.8. The topological polar surface area (TPSA) is 16.1 Å². The molecule has 0 fully saturated rings. The predicted octanol–water partition coefficient (Wildman–Crippen LogP) is 3.58. The number of rotatable bonds is 6. The predicted molar refractivity (Wildman–Crippen MR) is 69.5 cm³/mol. The largest absolute Gasteiger partial charge is 0.299 e. The maximum absolute atomic E-state index is 13.7. The van der Waals surface area contributed by atoms with Crippen LogP contribution in [0.15, 0.2) is 12.3 Å². The van der Waals surface area contributed by atoms with Crippen molar-refractivity contribution < 1.29 is 4.39 Å². The second-order valence-electron chi connectivity index (χ2n) is 4.43. The first-order chi connectivity index (χ1) is 8.15. The first-order valence-corrected chi connectivity index (χ1v) is 6.49. The molecular weight excluding hydrogens is 215 g/mol. The van der Waals surface area contributed by atoms with Gasteiger partial charge >= 0.3 is 0 Å². The van der Waals surface area contributed by atoms with Crippen LogP contribution in [-0.2, 0) is 6.42 Å². The van der Waals surface area contributed by atoms with Crippen molar-refractivity contribution >= 4 is 0 Å². The zero-order valence-electron chi connectivity index (χ0n) is 11.3. The molecule has 96 valence electrons. The van der Waals surface area contributed by atoms with Crippen LogP contribution in [0.25, 0.3) is 0 Å². The molecule has 3 heteroatoms. The first kappa shape index (κ1) is 14.1. The van der Waals surface area contributed by atoms with Crippen molar-refractivity contribution in [2.45, 2.75) is 46.1 Å². The van der Waals surface area contributed by atoms with E-state index < -0.39 is 0 Å². The van der Waals surface area contributed by atoms with Crippen molar-refractivity contribution in [3.63, 3.8) is 0 Å². The normalized spacial score (nSPS) is 13.1. The van der Waals surface area contributed by atoms with E-state index in [2.05, 4.69) is 30.8 Å². The lowest BCUT2D eigenvalue weighted by Crippen LogP contribution is -2.26. The number of pyridine rings is 1. The average Bonchev–Trinajstić information content (AvgIpc) is 2.30. The number of hydrogen-bond acceptors (Lipinski definition) is 2. The third-order valence-corrected chi connectivity index (χ3v) is 3.25. The van der Waals surface area contributed by atoms with Crippen molar-refractivity contribution in [2.24, 2.45) is 0 Å². The SMILES string of the molecule is CCCN(C)C(CC)c1ccnc(F)c1CC. The third kappa shape index (κ3) is 3.25. The minimum atomic E-state index is -0.312. The molecule has 1 aromatic rings. The van der Waals surface area contributed by atoms with Gasteiger partial charge in [-0.3, -0.25) is 4.90 Å². The van der Waals surface area contributed by atoms with E-state index in [1.54, 1.807) is 6.20 Å². The lowest BCUT2D eigenvalue weighted by atomic mass is 9.97. The van der Waals surface area contributed by atoms with Crippen LogP contribution in [0.5, 0.6) is 0 Å². The van der Waals surface area contributed by atoms with E-state index in [9.17, 15) is 4.39 Å². The van der Waals surface area contributed by atoms with Gasteiger partial charge in [0.2, 0.25) is 5.95 Å². The zero-order valence-corrected chi connectivity index (χ0v) is 11.3. The van der Waals surface area contributed by atoms with Gasteiger partial charge in [0.25, 0.3) is 0 Å². The van der Waals surface area contributed by atoms with Crippen molar-refractivity contribution in [3.05, 3.63) is 29.3 Å². The summed E-state index contributed by atoms with van der Waals surface area (Å²) in [4.78, 5) is 6.05. The molecule has 17 heavy (non-hydrogen) atoms. The summed E-state index contributed by atoms with van der Waals surface area (Å²) < 4.78 is 13.7. The molecule has 1 atom stereocenters. The van der Waals surface area contributed by atoms with E-state index in [1.807, 2.05) is 13.0 Å². The Balaban J connectivity index is 3.06. The summed E-state index contributed by atoms with van der Waals surface area (Å²) in [6, 6.07) is 2.25. The van der Waals surface area contributed by atoms with E-state index in [1.165, 1.54) is 0 Å². The van der Waals surface area contributed by atoms with Crippen LogP contribution in [0.3, 0.4) is 0 Å². The van der Waals surface area contributed by atoms with Gasteiger partial charge in [-0.15, -0.1) is 0 Å². The lowest BCUT2D eigenvalue weighted by molar-refractivity contribution is 0.237. The smallest absolute Gasteiger partial charge is 0.216 e. The summed E-state index contributed by atoms with van der Waals surface area (Å²) in [7, 11) is 2.11. The average molecular weight is 238 g/mol. The molecule has 0 spiro atoms. The van der Waals surface area contributed by atoms with E-state index in [-0.39, 0.29) is 5.95 Å². The van der Waals surface area contributed by atoms with Gasteiger partial charge in [-0.25, -0.2) is 4.98 Å². The number of halogens is 1. The van der Waals surface area contributed by atoms with Gasteiger partial charge in [0.05, 0.1) is 0 Å². The number of hydrogen-bond donors (Lipinski definition) is 0. The fraction of sp³-hybridized carbons (Fsp3) is 0.643. The molecule has 0 radical (unpaired) electrons. The third-order valence-electron chi connectivity index (χ3n) is 3.25. The standard InChI is InChI=1S/C14H23FN2/c1-5-10-17(4)13(7-3)12-8-9-16-14(15)11(12)6-2/h8-9,13H,5-7,10H2,1-4H3. The van der Waals surface area contributed by atoms with Crippen LogP contribution in [0.4, 0.5) is 4.39 Å². The summed E-state index contributed by atoms with van der Waals surface area (Å²) in [5, 5.41) is 0. The van der Waals surface area contributed by atoms with Crippen LogP contribution in [0.1, 0.15) is 50.8 Å². The van der Waals surface area contributed by atoms with Crippen molar-refractivity contribution in [1.29, 1.82) is 0 Å². The molecule has 0 N–H and O–H groups in total. The van der Waals surface area contributed by atoms with Crippen LogP contribution < -0.4 is 0 Å². The maximum Gasteiger partial charge on any atom is 0.216 e. The molecule has 2 nitrogen and oxygen atoms in total. The summed E-state index contributed by atoms with van der Waals surface area (Å²) in [6.07, 6.45) is 4.38. The molecule has 0 bridgehead atoms. The quantitative estimate of drug-likeness (QED) is 0.704. The Morgan fingerprint density at radius 1 is 1.35 bits per heavy atom. The van der Waals surface area contributed by atoms with Crippen LogP contribution >= 0.6 is 0 Å². The Hall–Kier alpha value is -0.960. The molecule has 1 unspecified atom stereocenters. The minimum Gasteiger partial charge on any atom is -0.299 e. The molecule has 0 aliphatic heterocycles. The number of aromatic nitrogens is 1. The molecule has 0 aliphatic carbocycles. The Bertz CT molecular complexity index is 352. The van der Waals surface area contributed by atoms with Gasteiger partial charge in [-0.1, -0.05) is 20.8 Å². The van der Waals surface area contributed by atoms with Crippen LogP contribution in [-0.4, -0.2) is 23.5 Å². The first-order valence-electron chi connectivity index (χ1n) is 6.49. The van der Waals surface area contributed by atoms with Crippen molar-refractivity contribution in [1.82, 2.24) is 9.88 Å². The van der Waals surface area contributed by atoms with Crippen LogP contribution in [0.2, 0.25) is 0 Å². The highest BCUT2D eigenvalue weighted by Crippen LogP contribution is 2.27. The molecule has 0 aromatic carbocycles. The molecule has 0 saturated carbocycles. The Morgan fingerprint density at radius 3 is 2.59 bits per heavy atom. The highest BCUT2D eigenvalue weighted by Gasteiger charge is 2.19. The van der Waals surface area contributed by atoms with E-state index in [0.717, 1.165) is 30.5 Å². The molecule has 1 aromatic heterocycles. The Labute approximate surface area is 104 Å². The highest BCUT2D eigenvalue weighted by molar-refractivity contribution is 5.28.